The first kappa shape index (κ1) is 13.7. The van der Waals surface area contributed by atoms with Crippen LogP contribution in [0.25, 0.3) is 0 Å². The maximum Gasteiger partial charge on any atom is 0.405 e. The maximum absolute atomic E-state index is 12.4. The zero-order chi connectivity index (χ0) is 11.2. The van der Waals surface area contributed by atoms with E-state index in [2.05, 4.69) is 0 Å². The molecule has 0 rings (SSSR count). The molecule has 0 saturated heterocycles. The van der Waals surface area contributed by atoms with Crippen molar-refractivity contribution in [2.45, 2.75) is 25.6 Å². The molecule has 0 fully saturated rings. The number of aliphatic hydroxyl groups excluding tert-OH is 1. The fourth-order valence-electron chi connectivity index (χ4n) is 1.33. The van der Waals surface area contributed by atoms with E-state index in [-0.39, 0.29) is 13.2 Å². The molecule has 3 N–H and O–H groups in total. The number of nitrogens with two attached hydrogens (primary N) is 1. The van der Waals surface area contributed by atoms with E-state index in [1.807, 2.05) is 0 Å². The van der Waals surface area contributed by atoms with Crippen molar-refractivity contribution in [3.63, 3.8) is 0 Å². The summed E-state index contributed by atoms with van der Waals surface area (Å²) >= 11 is 0. The molecule has 1 atom stereocenters. The van der Waals surface area contributed by atoms with Crippen LogP contribution in [0.15, 0.2) is 0 Å². The number of hydrogen-bond donors (Lipinski definition) is 2. The summed E-state index contributed by atoms with van der Waals surface area (Å²) in [5.41, 5.74) is 5.08. The first-order valence-electron chi connectivity index (χ1n) is 4.59. The fraction of sp³-hybridized carbons (Fsp3) is 1.00. The number of hydrogen-bond acceptors (Lipinski definition) is 3. The van der Waals surface area contributed by atoms with Gasteiger partial charge >= 0.3 is 6.18 Å². The SMILES string of the molecule is CCCN(CCO)C(CN)C(F)(F)F. The molecule has 0 aromatic rings. The summed E-state index contributed by atoms with van der Waals surface area (Å²) in [5.74, 6) is 0. The van der Waals surface area contributed by atoms with Crippen molar-refractivity contribution in [1.82, 2.24) is 4.90 Å². The third kappa shape index (κ3) is 4.26. The van der Waals surface area contributed by atoms with Crippen molar-refractivity contribution in [2.24, 2.45) is 5.73 Å². The maximum atomic E-state index is 12.4. The highest BCUT2D eigenvalue weighted by Gasteiger charge is 2.41. The Kier molecular flexibility index (Phi) is 6.06. The Balaban J connectivity index is 4.41. The second-order valence-electron chi connectivity index (χ2n) is 3.05. The first-order valence-corrected chi connectivity index (χ1v) is 4.59. The summed E-state index contributed by atoms with van der Waals surface area (Å²) in [4.78, 5) is 1.17. The van der Waals surface area contributed by atoms with Gasteiger partial charge in [0.05, 0.1) is 6.61 Å². The van der Waals surface area contributed by atoms with Gasteiger partial charge in [-0.2, -0.15) is 13.2 Å². The Labute approximate surface area is 81.7 Å². The van der Waals surface area contributed by atoms with E-state index >= 15 is 0 Å². The molecule has 0 bridgehead atoms. The highest BCUT2D eigenvalue weighted by Crippen LogP contribution is 2.24. The highest BCUT2D eigenvalue weighted by molar-refractivity contribution is 4.79. The summed E-state index contributed by atoms with van der Waals surface area (Å²) in [5, 5.41) is 8.62. The molecule has 0 saturated carbocycles. The van der Waals surface area contributed by atoms with Crippen LogP contribution in [0.4, 0.5) is 13.2 Å². The van der Waals surface area contributed by atoms with Gasteiger partial charge in [-0.3, -0.25) is 4.90 Å². The Morgan fingerprint density at radius 2 is 1.93 bits per heavy atom. The smallest absolute Gasteiger partial charge is 0.395 e. The Bertz CT molecular complexity index is 146. The molecule has 0 radical (unpaired) electrons. The summed E-state index contributed by atoms with van der Waals surface area (Å²) in [7, 11) is 0. The number of alkyl halides is 3. The van der Waals surface area contributed by atoms with Gasteiger partial charge in [-0.15, -0.1) is 0 Å². The van der Waals surface area contributed by atoms with Crippen LogP contribution in [0.2, 0.25) is 0 Å². The predicted octanol–water partition coefficient (Wildman–Crippen LogP) is 0.580. The third-order valence-electron chi connectivity index (χ3n) is 1.94. The summed E-state index contributed by atoms with van der Waals surface area (Å²) in [6.07, 6.45) is -3.72. The molecular formula is C8H17F3N2O. The van der Waals surface area contributed by atoms with Crippen molar-refractivity contribution >= 4 is 0 Å². The lowest BCUT2D eigenvalue weighted by Gasteiger charge is -2.31. The minimum Gasteiger partial charge on any atom is -0.395 e. The molecule has 0 aromatic heterocycles. The van der Waals surface area contributed by atoms with Crippen LogP contribution in [-0.4, -0.2) is 48.5 Å². The fourth-order valence-corrected chi connectivity index (χ4v) is 1.33. The van der Waals surface area contributed by atoms with Crippen LogP contribution in [0, 0.1) is 0 Å². The van der Waals surface area contributed by atoms with Crippen molar-refractivity contribution in [3.05, 3.63) is 0 Å². The number of rotatable bonds is 6. The molecule has 0 heterocycles. The number of aliphatic hydroxyl groups is 1. The number of halogens is 3. The van der Waals surface area contributed by atoms with E-state index in [1.54, 1.807) is 6.92 Å². The summed E-state index contributed by atoms with van der Waals surface area (Å²) in [6.45, 7) is 1.33. The van der Waals surface area contributed by atoms with E-state index in [4.69, 9.17) is 10.8 Å². The first-order chi connectivity index (χ1) is 6.47. The average Bonchev–Trinajstić information content (AvgIpc) is 2.03. The molecule has 14 heavy (non-hydrogen) atoms. The molecule has 0 aromatic carbocycles. The average molecular weight is 214 g/mol. The Morgan fingerprint density at radius 1 is 1.36 bits per heavy atom. The molecule has 3 nitrogen and oxygen atoms in total. The molecular weight excluding hydrogens is 197 g/mol. The van der Waals surface area contributed by atoms with Crippen LogP contribution >= 0.6 is 0 Å². The molecule has 0 aliphatic rings. The minimum atomic E-state index is -4.32. The lowest BCUT2D eigenvalue weighted by Crippen LogP contribution is -2.51. The third-order valence-corrected chi connectivity index (χ3v) is 1.94. The molecule has 0 spiro atoms. The lowest BCUT2D eigenvalue weighted by molar-refractivity contribution is -0.181. The molecule has 0 amide bonds. The van der Waals surface area contributed by atoms with Gasteiger partial charge in [0, 0.05) is 13.1 Å². The lowest BCUT2D eigenvalue weighted by atomic mass is 10.2. The molecule has 0 aliphatic carbocycles. The van der Waals surface area contributed by atoms with Gasteiger partial charge < -0.3 is 10.8 Å². The normalized spacial score (nSPS) is 14.8. The van der Waals surface area contributed by atoms with E-state index in [0.29, 0.717) is 13.0 Å². The molecule has 1 unspecified atom stereocenters. The zero-order valence-corrected chi connectivity index (χ0v) is 8.22. The van der Waals surface area contributed by atoms with Crippen LogP contribution in [0.3, 0.4) is 0 Å². The van der Waals surface area contributed by atoms with Crippen molar-refractivity contribution in [2.75, 3.05) is 26.2 Å². The van der Waals surface area contributed by atoms with Gasteiger partial charge in [0.2, 0.25) is 0 Å². The van der Waals surface area contributed by atoms with E-state index in [0.717, 1.165) is 0 Å². The van der Waals surface area contributed by atoms with Crippen LogP contribution in [-0.2, 0) is 0 Å². The summed E-state index contributed by atoms with van der Waals surface area (Å²) < 4.78 is 37.2. The summed E-state index contributed by atoms with van der Waals surface area (Å²) in [6, 6.07) is -1.64. The monoisotopic (exact) mass is 214 g/mol. The standard InChI is InChI=1S/C8H17F3N2O/c1-2-3-13(4-5-14)7(6-12)8(9,10)11/h7,14H,2-6,12H2,1H3. The molecule has 0 aliphatic heterocycles. The number of nitrogens with zero attached hydrogens (tertiary/aromatic N) is 1. The van der Waals surface area contributed by atoms with Gasteiger partial charge in [-0.25, -0.2) is 0 Å². The second-order valence-corrected chi connectivity index (χ2v) is 3.05. The van der Waals surface area contributed by atoms with Gasteiger partial charge in [0.15, 0.2) is 0 Å². The van der Waals surface area contributed by atoms with E-state index < -0.39 is 18.8 Å². The van der Waals surface area contributed by atoms with Crippen molar-refractivity contribution in [3.8, 4) is 0 Å². The van der Waals surface area contributed by atoms with E-state index in [1.165, 1.54) is 4.90 Å². The molecule has 6 heteroatoms. The van der Waals surface area contributed by atoms with Gasteiger partial charge in [0.25, 0.3) is 0 Å². The van der Waals surface area contributed by atoms with Gasteiger partial charge in [-0.1, -0.05) is 6.92 Å². The molecule has 86 valence electrons. The van der Waals surface area contributed by atoms with Crippen molar-refractivity contribution < 1.29 is 18.3 Å². The largest absolute Gasteiger partial charge is 0.405 e. The van der Waals surface area contributed by atoms with Crippen LogP contribution in [0.5, 0.6) is 0 Å². The van der Waals surface area contributed by atoms with Crippen molar-refractivity contribution in [1.29, 1.82) is 0 Å². The predicted molar refractivity (Wildman–Crippen MR) is 47.8 cm³/mol. The topological polar surface area (TPSA) is 49.5 Å². The Hall–Kier alpha value is -0.330. The minimum absolute atomic E-state index is 0.00914. The van der Waals surface area contributed by atoms with Gasteiger partial charge in [0.1, 0.15) is 6.04 Å². The quantitative estimate of drug-likeness (QED) is 0.680. The Morgan fingerprint density at radius 3 is 2.21 bits per heavy atom. The highest BCUT2D eigenvalue weighted by atomic mass is 19.4. The van der Waals surface area contributed by atoms with E-state index in [9.17, 15) is 13.2 Å². The zero-order valence-electron chi connectivity index (χ0n) is 8.22. The second kappa shape index (κ2) is 6.21. The van der Waals surface area contributed by atoms with Gasteiger partial charge in [-0.05, 0) is 13.0 Å². The van der Waals surface area contributed by atoms with Crippen LogP contribution < -0.4 is 5.73 Å². The van der Waals surface area contributed by atoms with Crippen LogP contribution in [0.1, 0.15) is 13.3 Å².